The highest BCUT2D eigenvalue weighted by molar-refractivity contribution is 6.04. The zero-order chi connectivity index (χ0) is 19.3. The topological polar surface area (TPSA) is 80.3 Å². The van der Waals surface area contributed by atoms with Gasteiger partial charge in [0, 0.05) is 29.9 Å². The minimum Gasteiger partial charge on any atom is -0.439 e. The molecule has 0 aliphatic carbocycles. The van der Waals surface area contributed by atoms with Gasteiger partial charge in [0.25, 0.3) is 5.91 Å². The van der Waals surface area contributed by atoms with Crippen molar-refractivity contribution in [2.24, 2.45) is 0 Å². The van der Waals surface area contributed by atoms with E-state index in [1.807, 2.05) is 42.5 Å². The summed E-state index contributed by atoms with van der Waals surface area (Å²) < 4.78 is 5.69. The molecule has 1 unspecified atom stereocenters. The van der Waals surface area contributed by atoms with Gasteiger partial charge in [0.2, 0.25) is 11.8 Å². The lowest BCUT2D eigenvalue weighted by atomic mass is 10.0. The lowest BCUT2D eigenvalue weighted by molar-refractivity contribution is -0.119. The van der Waals surface area contributed by atoms with E-state index in [9.17, 15) is 9.59 Å². The summed E-state index contributed by atoms with van der Waals surface area (Å²) in [6.07, 6.45) is 2.91. The fourth-order valence-corrected chi connectivity index (χ4v) is 3.09. The van der Waals surface area contributed by atoms with Gasteiger partial charge < -0.3 is 15.4 Å². The van der Waals surface area contributed by atoms with E-state index < -0.39 is 0 Å². The van der Waals surface area contributed by atoms with Crippen LogP contribution < -0.4 is 15.4 Å². The van der Waals surface area contributed by atoms with Crippen molar-refractivity contribution in [2.75, 3.05) is 5.32 Å². The van der Waals surface area contributed by atoms with Crippen LogP contribution in [-0.4, -0.2) is 16.8 Å². The van der Waals surface area contributed by atoms with E-state index in [2.05, 4.69) is 15.6 Å². The van der Waals surface area contributed by atoms with Crippen LogP contribution in [0.15, 0.2) is 72.9 Å². The van der Waals surface area contributed by atoms with Crippen molar-refractivity contribution in [1.29, 1.82) is 0 Å². The first-order valence-electron chi connectivity index (χ1n) is 9.07. The smallest absolute Gasteiger partial charge is 0.255 e. The number of nitrogens with zero attached hydrogens (tertiary/aromatic N) is 1. The number of aromatic nitrogens is 1. The Morgan fingerprint density at radius 2 is 1.86 bits per heavy atom. The summed E-state index contributed by atoms with van der Waals surface area (Å²) in [6, 6.07) is 20.0. The van der Waals surface area contributed by atoms with Crippen LogP contribution in [0.1, 0.15) is 34.8 Å². The van der Waals surface area contributed by atoms with Crippen LogP contribution in [0.25, 0.3) is 0 Å². The normalized spacial score (nSPS) is 15.7. The van der Waals surface area contributed by atoms with E-state index in [1.165, 1.54) is 0 Å². The summed E-state index contributed by atoms with van der Waals surface area (Å²) in [5.41, 5.74) is 2.14. The van der Waals surface area contributed by atoms with Crippen LogP contribution >= 0.6 is 0 Å². The van der Waals surface area contributed by atoms with Crippen molar-refractivity contribution in [1.82, 2.24) is 10.3 Å². The fraction of sp³-hybridized carbons (Fsp3) is 0.136. The Balaban J connectivity index is 1.42. The van der Waals surface area contributed by atoms with Crippen molar-refractivity contribution < 1.29 is 14.3 Å². The third-order valence-corrected chi connectivity index (χ3v) is 4.53. The number of anilines is 1. The van der Waals surface area contributed by atoms with Gasteiger partial charge in [-0.3, -0.25) is 9.59 Å². The second kappa shape index (κ2) is 7.92. The number of carbonyl (C=O) groups is 2. The molecule has 0 spiro atoms. The largest absolute Gasteiger partial charge is 0.439 e. The quantitative estimate of drug-likeness (QED) is 0.706. The summed E-state index contributed by atoms with van der Waals surface area (Å²) in [5, 5.41) is 5.78. The van der Waals surface area contributed by atoms with Gasteiger partial charge in [0.1, 0.15) is 5.75 Å². The molecule has 1 saturated heterocycles. The molecule has 4 rings (SSSR count). The van der Waals surface area contributed by atoms with Crippen molar-refractivity contribution in [3.05, 3.63) is 84.1 Å². The van der Waals surface area contributed by atoms with Crippen LogP contribution in [-0.2, 0) is 4.79 Å². The van der Waals surface area contributed by atoms with Crippen LogP contribution in [0.5, 0.6) is 11.6 Å². The van der Waals surface area contributed by atoms with E-state index in [0.29, 0.717) is 29.3 Å². The number of rotatable bonds is 5. The fourth-order valence-electron chi connectivity index (χ4n) is 3.09. The molecule has 140 valence electrons. The standard InChI is InChI=1S/C22H19N3O3/c26-20-11-10-19(25-20)15-6-8-16(9-7-15)22(27)24-17-12-13-23-21(14-17)28-18-4-2-1-3-5-18/h1-9,12-14,19H,10-11H2,(H,25,26)(H,23,24,27). The number of para-hydroxylation sites is 1. The number of amides is 2. The van der Waals surface area contributed by atoms with Gasteiger partial charge in [0.15, 0.2) is 0 Å². The Labute approximate surface area is 162 Å². The second-order valence-electron chi connectivity index (χ2n) is 6.53. The molecule has 3 aromatic rings. The third-order valence-electron chi connectivity index (χ3n) is 4.53. The molecule has 2 amide bonds. The molecule has 1 aliphatic heterocycles. The Kier molecular flexibility index (Phi) is 5.01. The maximum absolute atomic E-state index is 12.5. The Morgan fingerprint density at radius 1 is 1.07 bits per heavy atom. The van der Waals surface area contributed by atoms with Crippen molar-refractivity contribution in [3.63, 3.8) is 0 Å². The first-order valence-corrected chi connectivity index (χ1v) is 9.07. The van der Waals surface area contributed by atoms with E-state index in [-0.39, 0.29) is 17.9 Å². The molecule has 6 nitrogen and oxygen atoms in total. The first kappa shape index (κ1) is 17.7. The van der Waals surface area contributed by atoms with Crippen LogP contribution in [0.3, 0.4) is 0 Å². The average Bonchev–Trinajstić information content (AvgIpc) is 3.15. The monoisotopic (exact) mass is 373 g/mol. The number of ether oxygens (including phenoxy) is 1. The van der Waals surface area contributed by atoms with E-state index in [4.69, 9.17) is 4.74 Å². The molecule has 2 N–H and O–H groups in total. The molecular formula is C22H19N3O3. The zero-order valence-electron chi connectivity index (χ0n) is 15.1. The number of carbonyl (C=O) groups excluding carboxylic acids is 2. The molecule has 28 heavy (non-hydrogen) atoms. The highest BCUT2D eigenvalue weighted by Gasteiger charge is 2.22. The molecule has 2 heterocycles. The molecule has 1 atom stereocenters. The highest BCUT2D eigenvalue weighted by Crippen LogP contribution is 2.25. The summed E-state index contributed by atoms with van der Waals surface area (Å²) in [4.78, 5) is 28.1. The van der Waals surface area contributed by atoms with Gasteiger partial charge in [-0.1, -0.05) is 30.3 Å². The highest BCUT2D eigenvalue weighted by atomic mass is 16.5. The summed E-state index contributed by atoms with van der Waals surface area (Å²) in [6.45, 7) is 0. The van der Waals surface area contributed by atoms with Gasteiger partial charge >= 0.3 is 0 Å². The number of pyridine rings is 1. The Morgan fingerprint density at radius 3 is 2.57 bits per heavy atom. The van der Waals surface area contributed by atoms with Crippen molar-refractivity contribution in [2.45, 2.75) is 18.9 Å². The van der Waals surface area contributed by atoms with Gasteiger partial charge in [-0.25, -0.2) is 4.98 Å². The van der Waals surface area contributed by atoms with Gasteiger partial charge in [-0.15, -0.1) is 0 Å². The molecule has 2 aromatic carbocycles. The Hall–Kier alpha value is -3.67. The number of benzene rings is 2. The van der Waals surface area contributed by atoms with E-state index in [1.54, 1.807) is 30.5 Å². The number of nitrogens with one attached hydrogen (secondary N) is 2. The number of hydrogen-bond donors (Lipinski definition) is 2. The first-order chi connectivity index (χ1) is 13.7. The Bertz CT molecular complexity index is 987. The van der Waals surface area contributed by atoms with Gasteiger partial charge in [-0.05, 0) is 42.3 Å². The second-order valence-corrected chi connectivity index (χ2v) is 6.53. The molecule has 6 heteroatoms. The maximum Gasteiger partial charge on any atom is 0.255 e. The molecule has 0 radical (unpaired) electrons. The molecule has 1 fully saturated rings. The molecular weight excluding hydrogens is 354 g/mol. The van der Waals surface area contributed by atoms with Gasteiger partial charge in [0.05, 0.1) is 6.04 Å². The maximum atomic E-state index is 12.5. The average molecular weight is 373 g/mol. The predicted octanol–water partition coefficient (Wildman–Crippen LogP) is 4.08. The number of hydrogen-bond acceptors (Lipinski definition) is 4. The zero-order valence-corrected chi connectivity index (χ0v) is 15.1. The SMILES string of the molecule is O=C1CCC(c2ccc(C(=O)Nc3ccnc(Oc4ccccc4)c3)cc2)N1. The van der Waals surface area contributed by atoms with Gasteiger partial charge in [-0.2, -0.15) is 0 Å². The van der Waals surface area contributed by atoms with Crippen molar-refractivity contribution in [3.8, 4) is 11.6 Å². The molecule has 0 saturated carbocycles. The molecule has 0 bridgehead atoms. The molecule has 1 aromatic heterocycles. The lowest BCUT2D eigenvalue weighted by Gasteiger charge is -2.11. The van der Waals surface area contributed by atoms with E-state index >= 15 is 0 Å². The van der Waals surface area contributed by atoms with Crippen LogP contribution in [0.2, 0.25) is 0 Å². The summed E-state index contributed by atoms with van der Waals surface area (Å²) >= 11 is 0. The van der Waals surface area contributed by atoms with Crippen LogP contribution in [0, 0.1) is 0 Å². The lowest BCUT2D eigenvalue weighted by Crippen LogP contribution is -2.18. The van der Waals surface area contributed by atoms with E-state index in [0.717, 1.165) is 12.0 Å². The minimum absolute atomic E-state index is 0.0301. The summed E-state index contributed by atoms with van der Waals surface area (Å²) in [5.74, 6) is 0.918. The summed E-state index contributed by atoms with van der Waals surface area (Å²) in [7, 11) is 0. The van der Waals surface area contributed by atoms with Crippen LogP contribution in [0.4, 0.5) is 5.69 Å². The third kappa shape index (κ3) is 4.17. The molecule has 1 aliphatic rings. The predicted molar refractivity (Wildman–Crippen MR) is 105 cm³/mol. The minimum atomic E-state index is -0.223. The van der Waals surface area contributed by atoms with Crippen molar-refractivity contribution >= 4 is 17.5 Å².